The van der Waals surface area contributed by atoms with Crippen LogP contribution in [0.5, 0.6) is 0 Å². The summed E-state index contributed by atoms with van der Waals surface area (Å²) < 4.78 is 12.5. The predicted octanol–water partition coefficient (Wildman–Crippen LogP) is 6.39. The molecule has 1 aromatic heterocycles. The molecule has 0 spiro atoms. The summed E-state index contributed by atoms with van der Waals surface area (Å²) >= 11 is 5.16. The number of halogens is 1. The first-order valence-electron chi connectivity index (χ1n) is 10.8. The summed E-state index contributed by atoms with van der Waals surface area (Å²) in [5, 5.41) is 4.08. The average Bonchev–Trinajstić information content (AvgIpc) is 2.82. The van der Waals surface area contributed by atoms with Crippen LogP contribution in [0.25, 0.3) is 11.3 Å². The fourth-order valence-corrected chi connectivity index (χ4v) is 4.43. The molecule has 2 aromatic carbocycles. The Morgan fingerprint density at radius 3 is 2.69 bits per heavy atom. The molecule has 1 aliphatic heterocycles. The average molecular weight is 515 g/mol. The summed E-state index contributed by atoms with van der Waals surface area (Å²) in [5.74, 6) is 1.29. The molecule has 1 fully saturated rings. The van der Waals surface area contributed by atoms with E-state index in [0.717, 1.165) is 58.6 Å². The van der Waals surface area contributed by atoms with Crippen molar-refractivity contribution in [2.24, 2.45) is 0 Å². The van der Waals surface area contributed by atoms with Crippen LogP contribution in [0.1, 0.15) is 31.7 Å². The van der Waals surface area contributed by atoms with E-state index in [-0.39, 0.29) is 6.29 Å². The third-order valence-corrected chi connectivity index (χ3v) is 6.55. The van der Waals surface area contributed by atoms with Crippen molar-refractivity contribution in [2.75, 3.05) is 23.4 Å². The van der Waals surface area contributed by atoms with Crippen molar-refractivity contribution >= 4 is 44.9 Å². The Morgan fingerprint density at radius 1 is 1.16 bits per heavy atom. The van der Waals surface area contributed by atoms with Gasteiger partial charge in [0.2, 0.25) is 0 Å². The lowest BCUT2D eigenvalue weighted by atomic mass is 10.1. The molecule has 2 heterocycles. The van der Waals surface area contributed by atoms with Crippen molar-refractivity contribution in [3.05, 3.63) is 58.6 Å². The maximum absolute atomic E-state index is 6.37. The molecule has 1 unspecified atom stereocenters. The van der Waals surface area contributed by atoms with Crippen molar-refractivity contribution in [3.8, 4) is 11.3 Å². The van der Waals surface area contributed by atoms with Gasteiger partial charge in [-0.15, -0.1) is 0 Å². The van der Waals surface area contributed by atoms with Crippen molar-refractivity contribution in [2.45, 2.75) is 44.2 Å². The van der Waals surface area contributed by atoms with Gasteiger partial charge in [0, 0.05) is 16.6 Å². The lowest BCUT2D eigenvalue weighted by Crippen LogP contribution is -2.21. The van der Waals surface area contributed by atoms with E-state index in [9.17, 15) is 0 Å². The number of para-hydroxylation sites is 1. The van der Waals surface area contributed by atoms with Crippen LogP contribution in [0.2, 0.25) is 0 Å². The summed E-state index contributed by atoms with van der Waals surface area (Å²) in [6.45, 7) is 3.38. The van der Waals surface area contributed by atoms with Gasteiger partial charge in [-0.25, -0.2) is 9.97 Å². The zero-order valence-electron chi connectivity index (χ0n) is 18.0. The van der Waals surface area contributed by atoms with Crippen LogP contribution in [0.15, 0.2) is 58.2 Å². The van der Waals surface area contributed by atoms with Crippen LogP contribution in [0.4, 0.5) is 17.2 Å². The van der Waals surface area contributed by atoms with Gasteiger partial charge in [0.25, 0.3) is 0 Å². The molecule has 32 heavy (non-hydrogen) atoms. The van der Waals surface area contributed by atoms with E-state index >= 15 is 0 Å². The Hall–Kier alpha value is -2.13. The zero-order valence-corrected chi connectivity index (χ0v) is 20.4. The Morgan fingerprint density at radius 2 is 1.97 bits per heavy atom. The number of nitrogens with zero attached hydrogens (tertiary/aromatic N) is 2. The highest BCUT2D eigenvalue weighted by atomic mass is 79.9. The number of nitrogens with two attached hydrogens (primary N) is 1. The van der Waals surface area contributed by atoms with E-state index < -0.39 is 0 Å². The number of benzene rings is 2. The maximum Gasteiger partial charge on any atom is 0.190 e. The van der Waals surface area contributed by atoms with Gasteiger partial charge in [0.05, 0.1) is 12.3 Å². The minimum Gasteiger partial charge on any atom is -0.382 e. The summed E-state index contributed by atoms with van der Waals surface area (Å²) in [5.41, 5.74) is 10.8. The summed E-state index contributed by atoms with van der Waals surface area (Å²) in [7, 11) is 0. The zero-order chi connectivity index (χ0) is 22.3. The van der Waals surface area contributed by atoms with Crippen LogP contribution in [-0.4, -0.2) is 28.6 Å². The number of hydrogen-bond acceptors (Lipinski definition) is 7. The van der Waals surface area contributed by atoms with Gasteiger partial charge in [-0.1, -0.05) is 55.1 Å². The number of nitrogen functional groups attached to an aromatic ring is 1. The number of thioether (sulfide) groups is 1. The van der Waals surface area contributed by atoms with Crippen LogP contribution < -0.4 is 11.1 Å². The molecule has 0 saturated carbocycles. The number of hydrogen-bond donors (Lipinski definition) is 2. The van der Waals surface area contributed by atoms with Gasteiger partial charge in [-0.05, 0) is 58.6 Å². The first-order valence-corrected chi connectivity index (χ1v) is 12.6. The molecule has 4 rings (SSSR count). The number of ether oxygens (including phenoxy) is 2. The minimum absolute atomic E-state index is 0.0983. The fraction of sp³-hybridized carbons (Fsp3) is 0.333. The Balaban J connectivity index is 1.59. The maximum atomic E-state index is 6.37. The van der Waals surface area contributed by atoms with Gasteiger partial charge in [0.1, 0.15) is 11.4 Å². The van der Waals surface area contributed by atoms with Crippen molar-refractivity contribution < 1.29 is 9.47 Å². The van der Waals surface area contributed by atoms with E-state index in [0.29, 0.717) is 23.3 Å². The molecule has 3 aromatic rings. The topological polar surface area (TPSA) is 82.3 Å². The van der Waals surface area contributed by atoms with Crippen LogP contribution in [-0.2, 0) is 16.1 Å². The fourth-order valence-electron chi connectivity index (χ4n) is 3.47. The highest BCUT2D eigenvalue weighted by Crippen LogP contribution is 2.36. The molecule has 1 aliphatic rings. The van der Waals surface area contributed by atoms with Crippen LogP contribution in [0.3, 0.4) is 0 Å². The number of nitrogens with one attached hydrogen (secondary N) is 1. The van der Waals surface area contributed by atoms with E-state index in [2.05, 4.69) is 45.3 Å². The first kappa shape index (κ1) is 23.0. The monoisotopic (exact) mass is 514 g/mol. The van der Waals surface area contributed by atoms with Crippen LogP contribution in [0, 0.1) is 0 Å². The highest BCUT2D eigenvalue weighted by molar-refractivity contribution is 9.10. The molecule has 6 nitrogen and oxygen atoms in total. The van der Waals surface area contributed by atoms with Crippen molar-refractivity contribution in [1.82, 2.24) is 9.97 Å². The standard InChI is InChI=1S/C24H27BrN4O2S/c1-2-32-24-28-21(22(23(26)29-24)27-19-8-4-3-7-18(19)25)17-12-10-16(11-13-17)15-31-20-9-5-6-14-30-20/h3-4,7-8,10-13,20,27H,2,5-6,9,14-15H2,1H3,(H2,26,28,29). The molecule has 1 atom stereocenters. The third kappa shape index (κ3) is 5.81. The minimum atomic E-state index is -0.0983. The van der Waals surface area contributed by atoms with E-state index in [1.807, 2.05) is 36.4 Å². The van der Waals surface area contributed by atoms with Crippen LogP contribution >= 0.6 is 27.7 Å². The lowest BCUT2D eigenvalue weighted by Gasteiger charge is -2.22. The quantitative estimate of drug-likeness (QED) is 0.266. The Labute approximate surface area is 201 Å². The van der Waals surface area contributed by atoms with Gasteiger partial charge in [-0.2, -0.15) is 0 Å². The van der Waals surface area contributed by atoms with Crippen molar-refractivity contribution in [3.63, 3.8) is 0 Å². The van der Waals surface area contributed by atoms with Crippen molar-refractivity contribution in [1.29, 1.82) is 0 Å². The molecule has 168 valence electrons. The third-order valence-electron chi connectivity index (χ3n) is 5.12. The molecule has 0 radical (unpaired) electrons. The highest BCUT2D eigenvalue weighted by Gasteiger charge is 2.17. The summed E-state index contributed by atoms with van der Waals surface area (Å²) in [6.07, 6.45) is 3.13. The summed E-state index contributed by atoms with van der Waals surface area (Å²) in [4.78, 5) is 9.30. The first-order chi connectivity index (χ1) is 15.6. The number of anilines is 3. The lowest BCUT2D eigenvalue weighted by molar-refractivity contribution is -0.168. The van der Waals surface area contributed by atoms with E-state index in [1.54, 1.807) is 11.8 Å². The van der Waals surface area contributed by atoms with Gasteiger partial charge in [0.15, 0.2) is 17.3 Å². The second kappa shape index (κ2) is 11.1. The van der Waals surface area contributed by atoms with Gasteiger partial charge < -0.3 is 20.5 Å². The normalized spacial score (nSPS) is 16.1. The van der Waals surface area contributed by atoms with Gasteiger partial charge in [-0.3, -0.25) is 0 Å². The van der Waals surface area contributed by atoms with Gasteiger partial charge >= 0.3 is 0 Å². The largest absolute Gasteiger partial charge is 0.382 e. The Bertz CT molecular complexity index is 1040. The molecule has 0 bridgehead atoms. The number of rotatable bonds is 8. The number of aromatic nitrogens is 2. The molecule has 8 heteroatoms. The Kier molecular flexibility index (Phi) is 8.02. The second-order valence-electron chi connectivity index (χ2n) is 7.46. The predicted molar refractivity (Wildman–Crippen MR) is 134 cm³/mol. The van der Waals surface area contributed by atoms with E-state index in [1.165, 1.54) is 0 Å². The molecule has 0 amide bonds. The molecule has 3 N–H and O–H groups in total. The molecule has 0 aliphatic carbocycles. The molecular weight excluding hydrogens is 488 g/mol. The van der Waals surface area contributed by atoms with E-state index in [4.69, 9.17) is 20.2 Å². The second-order valence-corrected chi connectivity index (χ2v) is 9.54. The summed E-state index contributed by atoms with van der Waals surface area (Å²) in [6, 6.07) is 16.1. The molecule has 1 saturated heterocycles. The SMILES string of the molecule is CCSc1nc(N)c(Nc2ccccc2Br)c(-c2ccc(COC3CCCCO3)cc2)n1. The smallest absolute Gasteiger partial charge is 0.190 e. The molecular formula is C24H27BrN4O2S.